The molecule has 0 aliphatic heterocycles. The van der Waals surface area contributed by atoms with Gasteiger partial charge in [0.05, 0.1) is 7.11 Å². The topological polar surface area (TPSA) is 35.3 Å². The monoisotopic (exact) mass is 159 g/mol. The molecule has 3 nitrogen and oxygen atoms in total. The lowest BCUT2D eigenvalue weighted by Gasteiger charge is -1.84. The maximum atomic E-state index is 4.87. The van der Waals surface area contributed by atoms with Crippen LogP contribution in [0, 0.1) is 0 Å². The minimum atomic E-state index is 0.525. The van der Waals surface area contributed by atoms with Crippen LogP contribution in [0.5, 0.6) is 5.88 Å². The first-order valence-electron chi connectivity index (χ1n) is 2.97. The molecule has 0 aromatic carbocycles. The van der Waals surface area contributed by atoms with Crippen molar-refractivity contribution in [2.24, 2.45) is 0 Å². The van der Waals surface area contributed by atoms with Gasteiger partial charge in [0.25, 0.3) is 5.88 Å². The zero-order chi connectivity index (χ0) is 7.40. The van der Waals surface area contributed by atoms with E-state index in [9.17, 15) is 0 Å². The van der Waals surface area contributed by atoms with Crippen molar-refractivity contribution in [1.82, 2.24) is 5.16 Å². The Kier molecular flexibility index (Phi) is 2.62. The van der Waals surface area contributed by atoms with Crippen LogP contribution in [0.25, 0.3) is 0 Å². The van der Waals surface area contributed by atoms with Crippen molar-refractivity contribution in [3.63, 3.8) is 0 Å². The molecule has 0 N–H and O–H groups in total. The summed E-state index contributed by atoms with van der Waals surface area (Å²) in [5.41, 5.74) is 0. The highest BCUT2D eigenvalue weighted by atomic mass is 32.1. The minimum Gasteiger partial charge on any atom is -0.479 e. The lowest BCUT2D eigenvalue weighted by Crippen LogP contribution is -1.81. The molecule has 1 aromatic heterocycles. The maximum Gasteiger partial charge on any atom is 0.254 e. The molecule has 56 valence electrons. The maximum absolute atomic E-state index is 4.87. The third kappa shape index (κ3) is 1.67. The van der Waals surface area contributed by atoms with E-state index in [1.165, 1.54) is 0 Å². The fourth-order valence-electron chi connectivity index (χ4n) is 0.618. The van der Waals surface area contributed by atoms with Gasteiger partial charge < -0.3 is 9.26 Å². The highest BCUT2D eigenvalue weighted by molar-refractivity contribution is 7.80. The lowest BCUT2D eigenvalue weighted by molar-refractivity contribution is 0.328. The van der Waals surface area contributed by atoms with Crippen molar-refractivity contribution in [2.75, 3.05) is 12.9 Å². The summed E-state index contributed by atoms with van der Waals surface area (Å²) in [6.07, 6.45) is 0.791. The van der Waals surface area contributed by atoms with Gasteiger partial charge in [0.15, 0.2) is 0 Å². The Bertz CT molecular complexity index is 199. The van der Waals surface area contributed by atoms with Crippen molar-refractivity contribution in [3.05, 3.63) is 11.8 Å². The fraction of sp³-hybridized carbons (Fsp3) is 0.500. The summed E-state index contributed by atoms with van der Waals surface area (Å²) < 4.78 is 9.68. The molecular formula is C6H9NO2S. The van der Waals surface area contributed by atoms with Crippen LogP contribution in [0.2, 0.25) is 0 Å². The van der Waals surface area contributed by atoms with E-state index in [0.717, 1.165) is 17.9 Å². The highest BCUT2D eigenvalue weighted by Gasteiger charge is 2.00. The van der Waals surface area contributed by atoms with Gasteiger partial charge in [0.1, 0.15) is 5.76 Å². The van der Waals surface area contributed by atoms with E-state index in [1.807, 2.05) is 0 Å². The number of hydrogen-bond donors (Lipinski definition) is 1. The number of thiol groups is 1. The predicted octanol–water partition coefficient (Wildman–Crippen LogP) is 1.16. The number of nitrogens with zero attached hydrogens (tertiary/aromatic N) is 1. The first kappa shape index (κ1) is 7.47. The molecule has 0 aliphatic carbocycles. The molecule has 1 aromatic rings. The van der Waals surface area contributed by atoms with Crippen LogP contribution in [0.3, 0.4) is 0 Å². The van der Waals surface area contributed by atoms with Crippen LogP contribution in [-0.2, 0) is 6.42 Å². The van der Waals surface area contributed by atoms with E-state index in [4.69, 9.17) is 9.26 Å². The van der Waals surface area contributed by atoms with E-state index in [0.29, 0.717) is 5.88 Å². The predicted molar refractivity (Wildman–Crippen MR) is 40.6 cm³/mol. The number of ether oxygens (including phenoxy) is 1. The molecule has 0 spiro atoms. The van der Waals surface area contributed by atoms with E-state index in [-0.39, 0.29) is 0 Å². The Morgan fingerprint density at radius 2 is 2.60 bits per heavy atom. The third-order valence-corrected chi connectivity index (χ3v) is 1.33. The van der Waals surface area contributed by atoms with Crippen LogP contribution in [0.15, 0.2) is 10.6 Å². The Hall–Kier alpha value is -0.640. The van der Waals surface area contributed by atoms with Crippen LogP contribution in [0.1, 0.15) is 5.76 Å². The van der Waals surface area contributed by atoms with E-state index in [1.54, 1.807) is 13.2 Å². The van der Waals surface area contributed by atoms with Gasteiger partial charge in [-0.1, -0.05) is 0 Å². The second-order valence-corrected chi connectivity index (χ2v) is 2.26. The zero-order valence-electron chi connectivity index (χ0n) is 5.70. The third-order valence-electron chi connectivity index (χ3n) is 1.10. The second-order valence-electron chi connectivity index (χ2n) is 1.81. The van der Waals surface area contributed by atoms with Gasteiger partial charge in [0.2, 0.25) is 0 Å². The summed E-state index contributed by atoms with van der Waals surface area (Å²) in [5, 5.41) is 3.62. The van der Waals surface area contributed by atoms with E-state index >= 15 is 0 Å². The number of methoxy groups -OCH3 is 1. The zero-order valence-corrected chi connectivity index (χ0v) is 6.60. The first-order chi connectivity index (χ1) is 4.86. The molecule has 0 radical (unpaired) electrons. The Balaban J connectivity index is 2.59. The number of aryl methyl sites for hydroxylation is 1. The summed E-state index contributed by atoms with van der Waals surface area (Å²) in [6.45, 7) is 0. The van der Waals surface area contributed by atoms with Gasteiger partial charge in [-0.15, -0.1) is 0 Å². The SMILES string of the molecule is COc1cc(CCS)on1. The van der Waals surface area contributed by atoms with Crippen molar-refractivity contribution < 1.29 is 9.26 Å². The summed E-state index contributed by atoms with van der Waals surface area (Å²) >= 11 is 4.04. The summed E-state index contributed by atoms with van der Waals surface area (Å²) in [5.74, 6) is 2.10. The first-order valence-corrected chi connectivity index (χ1v) is 3.60. The van der Waals surface area contributed by atoms with Crippen LogP contribution >= 0.6 is 12.6 Å². The minimum absolute atomic E-state index is 0.525. The molecule has 0 fully saturated rings. The molecule has 0 unspecified atom stereocenters. The van der Waals surface area contributed by atoms with Gasteiger partial charge in [-0.2, -0.15) is 12.6 Å². The Morgan fingerprint density at radius 3 is 3.10 bits per heavy atom. The fourth-order valence-corrected chi connectivity index (χ4v) is 0.839. The summed E-state index contributed by atoms with van der Waals surface area (Å²) in [7, 11) is 1.56. The van der Waals surface area contributed by atoms with E-state index < -0.39 is 0 Å². The van der Waals surface area contributed by atoms with Crippen molar-refractivity contribution in [1.29, 1.82) is 0 Å². The normalized spacial score (nSPS) is 9.80. The van der Waals surface area contributed by atoms with Gasteiger partial charge in [-0.05, 0) is 10.9 Å². The number of rotatable bonds is 3. The van der Waals surface area contributed by atoms with Crippen molar-refractivity contribution in [2.45, 2.75) is 6.42 Å². The van der Waals surface area contributed by atoms with Gasteiger partial charge >= 0.3 is 0 Å². The largest absolute Gasteiger partial charge is 0.479 e. The van der Waals surface area contributed by atoms with Crippen molar-refractivity contribution >= 4 is 12.6 Å². The standard InChI is InChI=1S/C6H9NO2S/c1-8-6-4-5(2-3-10)9-7-6/h4,10H,2-3H2,1H3. The molecular weight excluding hydrogens is 150 g/mol. The molecule has 1 rings (SSSR count). The molecule has 0 bridgehead atoms. The lowest BCUT2D eigenvalue weighted by atomic mass is 10.4. The molecule has 0 aliphatic rings. The average molecular weight is 159 g/mol. The van der Waals surface area contributed by atoms with Gasteiger partial charge in [0, 0.05) is 12.5 Å². The smallest absolute Gasteiger partial charge is 0.254 e. The summed E-state index contributed by atoms with van der Waals surface area (Å²) in [6, 6.07) is 1.76. The molecule has 0 saturated heterocycles. The van der Waals surface area contributed by atoms with E-state index in [2.05, 4.69) is 17.8 Å². The number of aromatic nitrogens is 1. The Morgan fingerprint density at radius 1 is 1.80 bits per heavy atom. The summed E-state index contributed by atoms with van der Waals surface area (Å²) in [4.78, 5) is 0. The van der Waals surface area contributed by atoms with Crippen LogP contribution < -0.4 is 4.74 Å². The molecule has 0 amide bonds. The molecule has 10 heavy (non-hydrogen) atoms. The molecule has 0 atom stereocenters. The van der Waals surface area contributed by atoms with Gasteiger partial charge in [-0.25, -0.2) is 0 Å². The van der Waals surface area contributed by atoms with Gasteiger partial charge in [-0.3, -0.25) is 0 Å². The Labute approximate surface area is 64.8 Å². The molecule has 1 heterocycles. The second kappa shape index (κ2) is 3.51. The van der Waals surface area contributed by atoms with Crippen LogP contribution in [0.4, 0.5) is 0 Å². The average Bonchev–Trinajstić information content (AvgIpc) is 2.37. The molecule has 0 saturated carbocycles. The van der Waals surface area contributed by atoms with Crippen molar-refractivity contribution in [3.8, 4) is 5.88 Å². The molecule has 4 heteroatoms. The highest BCUT2D eigenvalue weighted by Crippen LogP contribution is 2.10. The number of hydrogen-bond acceptors (Lipinski definition) is 4. The quantitative estimate of drug-likeness (QED) is 0.672. The van der Waals surface area contributed by atoms with Crippen LogP contribution in [-0.4, -0.2) is 18.0 Å².